The van der Waals surface area contributed by atoms with Crippen molar-refractivity contribution in [3.05, 3.63) is 16.3 Å². The lowest BCUT2D eigenvalue weighted by molar-refractivity contribution is -0.0979. The number of piperazine rings is 1. The second kappa shape index (κ2) is 7.02. The highest BCUT2D eigenvalue weighted by atomic mass is 32.1. The van der Waals surface area contributed by atoms with E-state index in [1.165, 1.54) is 57.0 Å². The molecule has 5 aliphatic rings. The van der Waals surface area contributed by atoms with Crippen LogP contribution in [0.15, 0.2) is 11.4 Å². The number of anilines is 1. The van der Waals surface area contributed by atoms with E-state index in [1.807, 2.05) is 4.90 Å². The van der Waals surface area contributed by atoms with Crippen LogP contribution in [0.25, 0.3) is 0 Å². The molecule has 2 amide bonds. The topological polar surface area (TPSA) is 61.9 Å². The Bertz CT molecular complexity index is 733. The average Bonchev–Trinajstić information content (AvgIpc) is 3.14. The SMILES string of the molecule is COC(=O)c1sccc1NC(=O)N1CCN(C23CC4CC(CC(C4)C2)C3)CC1. The zero-order chi connectivity index (χ0) is 19.3. The van der Waals surface area contributed by atoms with Crippen LogP contribution >= 0.6 is 11.3 Å². The first-order valence-corrected chi connectivity index (χ1v) is 11.4. The van der Waals surface area contributed by atoms with Gasteiger partial charge in [0.15, 0.2) is 0 Å². The molecule has 28 heavy (non-hydrogen) atoms. The molecule has 0 radical (unpaired) electrons. The van der Waals surface area contributed by atoms with Gasteiger partial charge in [-0.25, -0.2) is 9.59 Å². The number of esters is 1. The van der Waals surface area contributed by atoms with Crippen molar-refractivity contribution >= 4 is 29.0 Å². The number of amides is 2. The summed E-state index contributed by atoms with van der Waals surface area (Å²) in [5.74, 6) is 2.44. The summed E-state index contributed by atoms with van der Waals surface area (Å²) in [5, 5.41) is 4.70. The minimum Gasteiger partial charge on any atom is -0.465 e. The quantitative estimate of drug-likeness (QED) is 0.783. The summed E-state index contributed by atoms with van der Waals surface area (Å²) in [5.41, 5.74) is 0.966. The molecule has 4 aliphatic carbocycles. The molecule has 7 heteroatoms. The maximum absolute atomic E-state index is 12.7. The molecule has 4 saturated carbocycles. The number of methoxy groups -OCH3 is 1. The Morgan fingerprint density at radius 1 is 1.07 bits per heavy atom. The van der Waals surface area contributed by atoms with E-state index in [1.54, 1.807) is 11.4 Å². The number of ether oxygens (including phenoxy) is 1. The van der Waals surface area contributed by atoms with E-state index >= 15 is 0 Å². The third-order valence-electron chi connectivity index (χ3n) is 7.52. The first kappa shape index (κ1) is 18.4. The first-order valence-electron chi connectivity index (χ1n) is 10.5. The maximum atomic E-state index is 12.7. The van der Waals surface area contributed by atoms with Crippen molar-refractivity contribution in [2.24, 2.45) is 17.8 Å². The van der Waals surface area contributed by atoms with Crippen LogP contribution in [0.4, 0.5) is 10.5 Å². The maximum Gasteiger partial charge on any atom is 0.350 e. The van der Waals surface area contributed by atoms with Crippen LogP contribution in [-0.4, -0.2) is 60.6 Å². The molecule has 6 rings (SSSR count). The van der Waals surface area contributed by atoms with Gasteiger partial charge in [-0.3, -0.25) is 4.90 Å². The molecule has 0 spiro atoms. The zero-order valence-electron chi connectivity index (χ0n) is 16.5. The Hall–Kier alpha value is -1.60. The van der Waals surface area contributed by atoms with Crippen LogP contribution in [0.3, 0.4) is 0 Å². The predicted molar refractivity (Wildman–Crippen MR) is 109 cm³/mol. The molecule has 1 aromatic rings. The average molecular weight is 404 g/mol. The molecule has 6 nitrogen and oxygen atoms in total. The van der Waals surface area contributed by atoms with Crippen molar-refractivity contribution in [2.45, 2.75) is 44.1 Å². The number of nitrogens with zero attached hydrogens (tertiary/aromatic N) is 2. The molecule has 0 atom stereocenters. The van der Waals surface area contributed by atoms with Gasteiger partial charge in [-0.2, -0.15) is 0 Å². The van der Waals surface area contributed by atoms with Gasteiger partial charge in [-0.05, 0) is 67.7 Å². The van der Waals surface area contributed by atoms with Gasteiger partial charge < -0.3 is 15.0 Å². The molecular formula is C21H29N3O3S. The van der Waals surface area contributed by atoms with Crippen molar-refractivity contribution in [2.75, 3.05) is 38.6 Å². The molecule has 1 aliphatic heterocycles. The second-order valence-electron chi connectivity index (χ2n) is 9.20. The number of thiophene rings is 1. The van der Waals surface area contributed by atoms with Crippen molar-refractivity contribution in [3.8, 4) is 0 Å². The minimum atomic E-state index is -0.406. The van der Waals surface area contributed by atoms with Gasteiger partial charge in [0.1, 0.15) is 4.88 Å². The van der Waals surface area contributed by atoms with Crippen LogP contribution < -0.4 is 5.32 Å². The monoisotopic (exact) mass is 403 g/mol. The fourth-order valence-electron chi connectivity index (χ4n) is 6.69. The van der Waals surface area contributed by atoms with E-state index in [4.69, 9.17) is 4.74 Å². The molecule has 2 heterocycles. The van der Waals surface area contributed by atoms with Crippen molar-refractivity contribution in [1.29, 1.82) is 0 Å². The van der Waals surface area contributed by atoms with Crippen LogP contribution in [0.5, 0.6) is 0 Å². The van der Waals surface area contributed by atoms with E-state index in [2.05, 4.69) is 10.2 Å². The number of carbonyl (C=O) groups is 2. The lowest BCUT2D eigenvalue weighted by Gasteiger charge is -2.61. The Labute approximate surface area is 170 Å². The molecule has 0 unspecified atom stereocenters. The normalized spacial score (nSPS) is 34.5. The van der Waals surface area contributed by atoms with E-state index < -0.39 is 5.97 Å². The zero-order valence-corrected chi connectivity index (χ0v) is 17.3. The van der Waals surface area contributed by atoms with Gasteiger partial charge in [0.05, 0.1) is 12.8 Å². The lowest BCUT2D eigenvalue weighted by atomic mass is 9.52. The van der Waals surface area contributed by atoms with Crippen molar-refractivity contribution in [1.82, 2.24) is 9.80 Å². The van der Waals surface area contributed by atoms with Crippen molar-refractivity contribution in [3.63, 3.8) is 0 Å². The van der Waals surface area contributed by atoms with E-state index in [0.29, 0.717) is 16.1 Å². The summed E-state index contributed by atoms with van der Waals surface area (Å²) < 4.78 is 4.79. The molecule has 1 N–H and O–H groups in total. The number of urea groups is 1. The van der Waals surface area contributed by atoms with Gasteiger partial charge in [0, 0.05) is 31.7 Å². The van der Waals surface area contributed by atoms with Crippen molar-refractivity contribution < 1.29 is 14.3 Å². The Morgan fingerprint density at radius 3 is 2.25 bits per heavy atom. The molecule has 4 bridgehead atoms. The summed E-state index contributed by atoms with van der Waals surface area (Å²) in [6, 6.07) is 1.65. The molecule has 1 saturated heterocycles. The fraction of sp³-hybridized carbons (Fsp3) is 0.714. The first-order chi connectivity index (χ1) is 13.6. The van der Waals surface area contributed by atoms with Gasteiger partial charge in [0.25, 0.3) is 0 Å². The summed E-state index contributed by atoms with van der Waals surface area (Å²) in [6.45, 7) is 3.44. The van der Waals surface area contributed by atoms with Crippen LogP contribution in [0.1, 0.15) is 48.2 Å². The number of hydrogen-bond acceptors (Lipinski definition) is 5. The van der Waals surface area contributed by atoms with E-state index in [0.717, 1.165) is 43.9 Å². The van der Waals surface area contributed by atoms with Gasteiger partial charge in [0.2, 0.25) is 0 Å². The largest absolute Gasteiger partial charge is 0.465 e. The van der Waals surface area contributed by atoms with Crippen LogP contribution in [0.2, 0.25) is 0 Å². The second-order valence-corrected chi connectivity index (χ2v) is 10.1. The van der Waals surface area contributed by atoms with Gasteiger partial charge >= 0.3 is 12.0 Å². The van der Waals surface area contributed by atoms with Gasteiger partial charge in [-0.15, -0.1) is 11.3 Å². The highest BCUT2D eigenvalue weighted by molar-refractivity contribution is 7.12. The standard InChI is InChI=1S/C21H29N3O3S/c1-27-19(25)18-17(2-7-28-18)22-20(26)23-3-5-24(6-4-23)21-11-14-8-15(12-21)10-16(9-14)13-21/h2,7,14-16H,3-6,8-13H2,1H3,(H,22,26). The van der Waals surface area contributed by atoms with E-state index in [-0.39, 0.29) is 6.03 Å². The summed E-state index contributed by atoms with van der Waals surface area (Å²) >= 11 is 1.29. The molecule has 1 aromatic heterocycles. The summed E-state index contributed by atoms with van der Waals surface area (Å²) in [4.78, 5) is 29.6. The van der Waals surface area contributed by atoms with Crippen LogP contribution in [0, 0.1) is 17.8 Å². The Balaban J connectivity index is 1.20. The molecule has 0 aromatic carbocycles. The molecular weight excluding hydrogens is 374 g/mol. The van der Waals surface area contributed by atoms with Crippen LogP contribution in [-0.2, 0) is 4.74 Å². The number of hydrogen-bond donors (Lipinski definition) is 1. The van der Waals surface area contributed by atoms with Gasteiger partial charge in [-0.1, -0.05) is 0 Å². The molecule has 152 valence electrons. The Kier molecular flexibility index (Phi) is 4.62. The third-order valence-corrected chi connectivity index (χ3v) is 8.42. The number of nitrogens with one attached hydrogen (secondary N) is 1. The smallest absolute Gasteiger partial charge is 0.350 e. The molecule has 5 fully saturated rings. The third kappa shape index (κ3) is 3.12. The minimum absolute atomic E-state index is 0.117. The predicted octanol–water partition coefficient (Wildman–Crippen LogP) is 3.65. The number of carbonyl (C=O) groups excluding carboxylic acids is 2. The lowest BCUT2D eigenvalue weighted by Crippen LogP contribution is -2.64. The Morgan fingerprint density at radius 2 is 1.68 bits per heavy atom. The summed E-state index contributed by atoms with van der Waals surface area (Å²) in [6.07, 6.45) is 8.52. The highest BCUT2D eigenvalue weighted by Gasteiger charge is 2.53. The number of rotatable bonds is 3. The summed E-state index contributed by atoms with van der Waals surface area (Å²) in [7, 11) is 1.36. The van der Waals surface area contributed by atoms with E-state index in [9.17, 15) is 9.59 Å². The highest BCUT2D eigenvalue weighted by Crippen LogP contribution is 2.57. The fourth-order valence-corrected chi connectivity index (χ4v) is 7.45.